The molecule has 0 aromatic rings. The minimum Gasteiger partial charge on any atom is -0.462 e. The molecule has 0 aliphatic heterocycles. The highest BCUT2D eigenvalue weighted by Gasteiger charge is 2.30. The van der Waals surface area contributed by atoms with Gasteiger partial charge in [0.05, 0.1) is 32.8 Å². The molecule has 0 fully saturated rings. The van der Waals surface area contributed by atoms with Gasteiger partial charge in [-0.15, -0.1) is 0 Å². The number of carbonyl (C=O) groups excluding carboxylic acids is 4. The molecule has 17 nitrogen and oxygen atoms in total. The second kappa shape index (κ2) is 75.6. The third kappa shape index (κ3) is 74.7. The first kappa shape index (κ1) is 98.4. The van der Waals surface area contributed by atoms with Crippen LogP contribution in [0.3, 0.4) is 0 Å². The summed E-state index contributed by atoms with van der Waals surface area (Å²) in [5.41, 5.74) is 0. The van der Waals surface area contributed by atoms with E-state index >= 15 is 0 Å². The van der Waals surface area contributed by atoms with Crippen molar-refractivity contribution in [3.05, 3.63) is 170 Å². The maximum atomic E-state index is 13.1. The van der Waals surface area contributed by atoms with E-state index in [9.17, 15) is 43.2 Å². The summed E-state index contributed by atoms with van der Waals surface area (Å²) in [6.45, 7) is 4.32. The molecule has 0 bridgehead atoms. The normalized spacial score (nSPS) is 14.8. The Balaban J connectivity index is 5.50. The Labute approximate surface area is 629 Å². The topological polar surface area (TPSA) is 237 Å². The molecule has 19 heteroatoms. The Bertz CT molecular complexity index is 2640. The first-order chi connectivity index (χ1) is 50.7. The van der Waals surface area contributed by atoms with Crippen molar-refractivity contribution in [1.29, 1.82) is 0 Å². The molecule has 0 amide bonds. The molecule has 0 heterocycles. The van der Waals surface area contributed by atoms with Crippen LogP contribution < -0.4 is 0 Å². The van der Waals surface area contributed by atoms with Crippen LogP contribution in [0.5, 0.6) is 0 Å². The van der Waals surface area contributed by atoms with Crippen LogP contribution in [0.25, 0.3) is 0 Å². The van der Waals surface area contributed by atoms with E-state index in [0.717, 1.165) is 161 Å². The monoisotopic (exact) mass is 1490 g/mol. The number of esters is 4. The predicted molar refractivity (Wildman–Crippen MR) is 426 cm³/mol. The fourth-order valence-corrected chi connectivity index (χ4v) is 11.4. The van der Waals surface area contributed by atoms with Crippen molar-refractivity contribution in [2.45, 2.75) is 303 Å². The van der Waals surface area contributed by atoms with Gasteiger partial charge < -0.3 is 33.8 Å². The van der Waals surface area contributed by atoms with E-state index < -0.39 is 97.5 Å². The number of ether oxygens (including phenoxy) is 4. The first-order valence-electron chi connectivity index (χ1n) is 39.4. The van der Waals surface area contributed by atoms with Crippen molar-refractivity contribution in [3.63, 3.8) is 0 Å². The number of allylic oxidation sites excluding steroid dienone is 27. The van der Waals surface area contributed by atoms with E-state index in [1.165, 1.54) is 38.5 Å². The Morgan fingerprint density at radius 3 is 0.904 bits per heavy atom. The van der Waals surface area contributed by atoms with Crippen LogP contribution in [0.2, 0.25) is 0 Å². The third-order valence-corrected chi connectivity index (χ3v) is 17.6. The number of phosphoric acid groups is 2. The van der Waals surface area contributed by atoms with Gasteiger partial charge in [0.2, 0.25) is 0 Å². The van der Waals surface area contributed by atoms with Crippen molar-refractivity contribution >= 4 is 39.5 Å². The largest absolute Gasteiger partial charge is 0.472 e. The second-order valence-electron chi connectivity index (χ2n) is 25.5. The fourth-order valence-electron chi connectivity index (χ4n) is 9.81. The average Bonchev–Trinajstić information content (AvgIpc) is 0.937. The lowest BCUT2D eigenvalue weighted by molar-refractivity contribution is -0.161. The maximum Gasteiger partial charge on any atom is 0.472 e. The molecule has 0 saturated carbocycles. The van der Waals surface area contributed by atoms with Gasteiger partial charge in [0.25, 0.3) is 0 Å². The zero-order valence-corrected chi connectivity index (χ0v) is 66.2. The summed E-state index contributed by atoms with van der Waals surface area (Å²) in [6.07, 6.45) is 89.5. The molecular formula is C85H138O17P2. The summed E-state index contributed by atoms with van der Waals surface area (Å²) in [6, 6.07) is 0. The lowest BCUT2D eigenvalue weighted by atomic mass is 10.1. The minimum absolute atomic E-state index is 0.0574. The number of hydrogen-bond donors (Lipinski definition) is 3. The van der Waals surface area contributed by atoms with Gasteiger partial charge in [-0.2, -0.15) is 0 Å². The minimum atomic E-state index is -5.02. The summed E-state index contributed by atoms with van der Waals surface area (Å²) in [5.74, 6) is -2.42. The van der Waals surface area contributed by atoms with Crippen LogP contribution in [0.4, 0.5) is 0 Å². The molecule has 104 heavy (non-hydrogen) atoms. The van der Waals surface area contributed by atoms with E-state index in [1.54, 1.807) is 12.2 Å². The number of rotatable bonds is 72. The Kier molecular flexibility index (Phi) is 71.6. The molecular weight excluding hydrogens is 1350 g/mol. The summed E-state index contributed by atoms with van der Waals surface area (Å²) in [7, 11) is -10.0. The van der Waals surface area contributed by atoms with Crippen LogP contribution in [-0.2, 0) is 65.4 Å². The van der Waals surface area contributed by atoms with Crippen LogP contribution in [-0.4, -0.2) is 96.7 Å². The van der Waals surface area contributed by atoms with Crippen LogP contribution in [0.15, 0.2) is 170 Å². The lowest BCUT2D eigenvalue weighted by Crippen LogP contribution is -2.30. The molecule has 0 aliphatic carbocycles. The van der Waals surface area contributed by atoms with Gasteiger partial charge in [-0.3, -0.25) is 37.3 Å². The number of unbranched alkanes of at least 4 members (excludes halogenated alkanes) is 19. The van der Waals surface area contributed by atoms with Crippen molar-refractivity contribution in [1.82, 2.24) is 0 Å². The molecule has 0 aromatic heterocycles. The zero-order valence-electron chi connectivity index (χ0n) is 64.4. The summed E-state index contributed by atoms with van der Waals surface area (Å²) < 4.78 is 68.4. The van der Waals surface area contributed by atoms with Gasteiger partial charge in [0.1, 0.15) is 19.3 Å². The summed E-state index contributed by atoms with van der Waals surface area (Å²) >= 11 is 0. The molecule has 0 aromatic carbocycles. The standard InChI is InChI=1S/C85H138O17P2/c1-5-9-13-17-21-25-29-33-37-39-43-45-49-53-57-61-65-69-82(87)95-75-80(101-84(89)71-67-63-59-55-51-47-41-35-31-27-23-19-15-11-7-3)77-99-103(91,92)97-73-79(86)74-98-104(93,94)100-78-81(102-85(90)72-68-64-60-56-52-48-42-36-32-28-24-20-16-12-8-4)76-96-83(88)70-66-62-58-54-50-46-44-40-38-34-30-26-22-18-14-10-6-2/h9-11,13-15,21-23,25-27,33-38,41-43,45,51,53,55,57,63,67,79-81,86H,5-8,12,16-20,24,28-32,39-40,44,46-50,52,54,56,58-62,64-66,68-78H2,1-4H3,(H,91,92)(H,93,94)/b13-9-,14-10-,15-11-,25-21-,26-22-,27-23-,37-33-,38-34-,41-35-,42-36-,45-43-,55-51-,57-53-,67-63-. The number of carbonyl (C=O) groups is 4. The van der Waals surface area contributed by atoms with Gasteiger partial charge in [-0.25, -0.2) is 9.13 Å². The Hall–Kier alpha value is -5.58. The average molecular weight is 1490 g/mol. The molecule has 5 unspecified atom stereocenters. The fraction of sp³-hybridized carbons (Fsp3) is 0.624. The van der Waals surface area contributed by atoms with E-state index in [-0.39, 0.29) is 25.7 Å². The third-order valence-electron chi connectivity index (χ3n) is 15.7. The molecule has 0 rings (SSSR count). The van der Waals surface area contributed by atoms with Crippen LogP contribution >= 0.6 is 15.6 Å². The number of hydrogen-bond acceptors (Lipinski definition) is 15. The van der Waals surface area contributed by atoms with E-state index in [4.69, 9.17) is 37.0 Å². The van der Waals surface area contributed by atoms with Crippen molar-refractivity contribution in [3.8, 4) is 0 Å². The second-order valence-corrected chi connectivity index (χ2v) is 28.4. The summed E-state index contributed by atoms with van der Waals surface area (Å²) in [5, 5.41) is 10.6. The van der Waals surface area contributed by atoms with E-state index in [1.807, 2.05) is 24.3 Å². The van der Waals surface area contributed by atoms with Gasteiger partial charge in [-0.05, 0) is 148 Å². The SMILES string of the molecule is CC/C=C\C/C=C\C/C=C\C/C=C\C/C=C\CCCC(=O)OCC(COP(=O)(O)OCC(O)COP(=O)(O)OCC(COC(=O)CCCCCCCCC/C=C\C/C=C\C/C=C\CC)OC(=O)CCCCCCC/C=C\CCCCCCCC)OC(=O)C/C=C\C/C=C\C/C=C\C/C=C\C/C=C\CC. The zero-order chi connectivity index (χ0) is 76.0. The quantitative estimate of drug-likeness (QED) is 0.0169. The molecule has 0 radical (unpaired) electrons. The lowest BCUT2D eigenvalue weighted by Gasteiger charge is -2.21. The highest BCUT2D eigenvalue weighted by atomic mass is 31.2. The molecule has 0 spiro atoms. The molecule has 5 atom stereocenters. The highest BCUT2D eigenvalue weighted by Crippen LogP contribution is 2.45. The first-order valence-corrected chi connectivity index (χ1v) is 42.4. The van der Waals surface area contributed by atoms with Gasteiger partial charge in [-0.1, -0.05) is 281 Å². The predicted octanol–water partition coefficient (Wildman–Crippen LogP) is 23.0. The number of aliphatic hydroxyl groups excluding tert-OH is 1. The van der Waals surface area contributed by atoms with Gasteiger partial charge >= 0.3 is 39.5 Å². The smallest absolute Gasteiger partial charge is 0.462 e. The van der Waals surface area contributed by atoms with Crippen molar-refractivity contribution in [2.24, 2.45) is 0 Å². The van der Waals surface area contributed by atoms with E-state index in [2.05, 4.69) is 161 Å². The van der Waals surface area contributed by atoms with Gasteiger partial charge in [0, 0.05) is 19.3 Å². The van der Waals surface area contributed by atoms with Crippen LogP contribution in [0.1, 0.15) is 285 Å². The van der Waals surface area contributed by atoms with Crippen molar-refractivity contribution < 1.29 is 80.2 Å². The number of phosphoric ester groups is 2. The van der Waals surface area contributed by atoms with Gasteiger partial charge in [0.15, 0.2) is 12.2 Å². The van der Waals surface area contributed by atoms with Crippen LogP contribution in [0, 0.1) is 0 Å². The van der Waals surface area contributed by atoms with E-state index in [0.29, 0.717) is 32.1 Å². The molecule has 0 saturated heterocycles. The Morgan fingerprint density at radius 2 is 0.548 bits per heavy atom. The summed E-state index contributed by atoms with van der Waals surface area (Å²) in [4.78, 5) is 72.9. The maximum absolute atomic E-state index is 13.1. The molecule has 0 aliphatic rings. The van der Waals surface area contributed by atoms with Crippen molar-refractivity contribution in [2.75, 3.05) is 39.6 Å². The number of aliphatic hydroxyl groups is 1. The highest BCUT2D eigenvalue weighted by molar-refractivity contribution is 7.47. The Morgan fingerprint density at radius 1 is 0.288 bits per heavy atom. The molecule has 3 N–H and O–H groups in total. The molecule has 590 valence electrons.